The van der Waals surface area contributed by atoms with E-state index in [1.807, 2.05) is 12.1 Å². The van der Waals surface area contributed by atoms with Crippen LogP contribution in [-0.4, -0.2) is 19.0 Å². The number of nitrogens with one attached hydrogen (secondary N) is 2. The predicted octanol–water partition coefficient (Wildman–Crippen LogP) is 5.98. The van der Waals surface area contributed by atoms with Crippen molar-refractivity contribution in [1.29, 1.82) is 0 Å². The number of amides is 1. The number of benzene rings is 2. The lowest BCUT2D eigenvalue weighted by Crippen LogP contribution is -2.38. The Morgan fingerprint density at radius 1 is 1.00 bits per heavy atom. The van der Waals surface area contributed by atoms with Gasteiger partial charge in [-0.1, -0.05) is 32.9 Å². The molecule has 0 bridgehead atoms. The van der Waals surface area contributed by atoms with E-state index in [1.165, 1.54) is 10.4 Å². The van der Waals surface area contributed by atoms with Gasteiger partial charge in [0.25, 0.3) is 5.91 Å². The van der Waals surface area contributed by atoms with E-state index in [0.29, 0.717) is 23.0 Å². The summed E-state index contributed by atoms with van der Waals surface area (Å²) < 4.78 is 10.6. The molecule has 2 N–H and O–H groups in total. The zero-order valence-corrected chi connectivity index (χ0v) is 21.3. The van der Waals surface area contributed by atoms with Gasteiger partial charge >= 0.3 is 5.97 Å². The highest BCUT2D eigenvalue weighted by atomic mass is 32.1. The van der Waals surface area contributed by atoms with Crippen molar-refractivity contribution >= 4 is 28.2 Å². The van der Waals surface area contributed by atoms with Crippen molar-refractivity contribution in [3.8, 4) is 11.5 Å². The van der Waals surface area contributed by atoms with Crippen LogP contribution in [0.2, 0.25) is 0 Å². The van der Waals surface area contributed by atoms with Crippen molar-refractivity contribution < 1.29 is 19.1 Å². The topological polar surface area (TPSA) is 76.7 Å². The number of carbonyl (C=O) groups excluding carboxylic acids is 2. The molecule has 0 unspecified atom stereocenters. The molecule has 1 aliphatic carbocycles. The number of fused-ring (bicyclic) bond motifs is 3. The highest BCUT2D eigenvalue weighted by molar-refractivity contribution is 7.16. The fraction of sp³-hybridized carbons (Fsp3) is 0.357. The monoisotopic (exact) mass is 490 g/mol. The molecule has 182 valence electrons. The standard InChI is InChI=1S/C28H30N2O4S/c1-28(2,3)18-9-14-21-22(15-18)35-26-23(21)25(31)29-24(30-26)16-5-12-20(13-6-16)34-27(32)17-7-10-19(33-4)11-8-17/h5-8,10-13,18,24,30H,9,14-15H2,1-4H3,(H,29,31)/t18-,24-/m1/s1. The number of rotatable bonds is 4. The van der Waals surface area contributed by atoms with Gasteiger partial charge in [-0.2, -0.15) is 0 Å². The van der Waals surface area contributed by atoms with E-state index in [2.05, 4.69) is 31.4 Å². The number of thiophene rings is 1. The maximum Gasteiger partial charge on any atom is 0.343 e. The average Bonchev–Trinajstić information content (AvgIpc) is 3.22. The van der Waals surface area contributed by atoms with E-state index in [-0.39, 0.29) is 17.5 Å². The smallest absolute Gasteiger partial charge is 0.343 e. The minimum Gasteiger partial charge on any atom is -0.497 e. The Labute approximate surface area is 209 Å². The van der Waals surface area contributed by atoms with Gasteiger partial charge in [-0.25, -0.2) is 4.79 Å². The van der Waals surface area contributed by atoms with Crippen molar-refractivity contribution in [2.75, 3.05) is 12.4 Å². The predicted molar refractivity (Wildman–Crippen MR) is 138 cm³/mol. The van der Waals surface area contributed by atoms with Gasteiger partial charge in [0.2, 0.25) is 0 Å². The highest BCUT2D eigenvalue weighted by Crippen LogP contribution is 2.46. The summed E-state index contributed by atoms with van der Waals surface area (Å²) in [6.07, 6.45) is 2.77. The fourth-order valence-corrected chi connectivity index (χ4v) is 6.18. The van der Waals surface area contributed by atoms with E-state index in [9.17, 15) is 9.59 Å². The van der Waals surface area contributed by atoms with Crippen LogP contribution in [0, 0.1) is 11.3 Å². The number of hydrogen-bond donors (Lipinski definition) is 2. The second-order valence-corrected chi connectivity index (χ2v) is 11.4. The van der Waals surface area contributed by atoms with E-state index in [1.54, 1.807) is 54.8 Å². The van der Waals surface area contributed by atoms with Crippen LogP contribution in [0.5, 0.6) is 11.5 Å². The molecule has 2 aliphatic rings. The minimum atomic E-state index is -0.438. The van der Waals surface area contributed by atoms with Gasteiger partial charge in [0.05, 0.1) is 18.2 Å². The minimum absolute atomic E-state index is 0.0227. The van der Waals surface area contributed by atoms with Gasteiger partial charge in [-0.3, -0.25) is 4.79 Å². The van der Waals surface area contributed by atoms with E-state index in [0.717, 1.165) is 35.4 Å². The van der Waals surface area contributed by atoms with Crippen molar-refractivity contribution in [2.24, 2.45) is 11.3 Å². The zero-order chi connectivity index (χ0) is 24.7. The number of esters is 1. The Kier molecular flexibility index (Phi) is 6.05. The normalized spacial score (nSPS) is 19.1. The molecule has 2 heterocycles. The molecular weight excluding hydrogens is 460 g/mol. The molecule has 6 nitrogen and oxygen atoms in total. The Morgan fingerprint density at radius 2 is 1.69 bits per heavy atom. The van der Waals surface area contributed by atoms with Crippen molar-refractivity contribution in [3.05, 3.63) is 75.7 Å². The second-order valence-electron chi connectivity index (χ2n) is 10.3. The first-order valence-electron chi connectivity index (χ1n) is 11.9. The Morgan fingerprint density at radius 3 is 2.34 bits per heavy atom. The molecule has 3 aromatic rings. The summed E-state index contributed by atoms with van der Waals surface area (Å²) in [5, 5.41) is 7.57. The molecule has 2 atom stereocenters. The van der Waals surface area contributed by atoms with E-state index >= 15 is 0 Å². The van der Waals surface area contributed by atoms with Crippen molar-refractivity contribution in [3.63, 3.8) is 0 Å². The number of ether oxygens (including phenoxy) is 2. The van der Waals surface area contributed by atoms with Crippen LogP contribution >= 0.6 is 11.3 Å². The van der Waals surface area contributed by atoms with Crippen LogP contribution in [-0.2, 0) is 12.8 Å². The number of anilines is 1. The van der Waals surface area contributed by atoms with Crippen molar-refractivity contribution in [2.45, 2.75) is 46.2 Å². The summed E-state index contributed by atoms with van der Waals surface area (Å²) in [5.41, 5.74) is 3.64. The number of methoxy groups -OCH3 is 1. The molecule has 0 saturated carbocycles. The van der Waals surface area contributed by atoms with Crippen LogP contribution < -0.4 is 20.1 Å². The van der Waals surface area contributed by atoms with Gasteiger partial charge < -0.3 is 20.1 Å². The molecule has 0 fully saturated rings. The maximum absolute atomic E-state index is 13.1. The number of carbonyl (C=O) groups is 2. The van der Waals surface area contributed by atoms with Crippen LogP contribution in [0.4, 0.5) is 5.00 Å². The highest BCUT2D eigenvalue weighted by Gasteiger charge is 2.36. The Hall–Kier alpha value is -3.32. The number of hydrogen-bond acceptors (Lipinski definition) is 6. The van der Waals surface area contributed by atoms with Crippen molar-refractivity contribution in [1.82, 2.24) is 5.32 Å². The molecule has 0 saturated heterocycles. The lowest BCUT2D eigenvalue weighted by molar-refractivity contribution is 0.0734. The van der Waals surface area contributed by atoms with Gasteiger partial charge in [-0.05, 0) is 78.1 Å². The summed E-state index contributed by atoms with van der Waals surface area (Å²) >= 11 is 1.72. The third-order valence-corrected chi connectivity index (χ3v) is 8.20. The third kappa shape index (κ3) is 4.65. The van der Waals surface area contributed by atoms with Crippen LogP contribution in [0.3, 0.4) is 0 Å². The van der Waals surface area contributed by atoms with Gasteiger partial charge in [0, 0.05) is 4.88 Å². The molecule has 0 radical (unpaired) electrons. The Bertz CT molecular complexity index is 1260. The molecule has 0 spiro atoms. The quantitative estimate of drug-likeness (QED) is 0.347. The Balaban J connectivity index is 1.29. The van der Waals surface area contributed by atoms with E-state index in [4.69, 9.17) is 9.47 Å². The largest absolute Gasteiger partial charge is 0.497 e. The lowest BCUT2D eigenvalue weighted by atomic mass is 9.72. The molecule has 1 aliphatic heterocycles. The summed E-state index contributed by atoms with van der Waals surface area (Å²) in [6, 6.07) is 14.0. The first-order valence-corrected chi connectivity index (χ1v) is 12.7. The molecule has 1 amide bonds. The first-order chi connectivity index (χ1) is 16.7. The molecule has 5 rings (SSSR count). The van der Waals surface area contributed by atoms with Crippen LogP contribution in [0.1, 0.15) is 70.1 Å². The summed E-state index contributed by atoms with van der Waals surface area (Å²) in [4.78, 5) is 26.8. The van der Waals surface area contributed by atoms with Crippen LogP contribution in [0.25, 0.3) is 0 Å². The van der Waals surface area contributed by atoms with Gasteiger partial charge in [-0.15, -0.1) is 11.3 Å². The van der Waals surface area contributed by atoms with E-state index < -0.39 is 5.97 Å². The summed E-state index contributed by atoms with van der Waals surface area (Å²) in [5.74, 6) is 1.29. The molecule has 35 heavy (non-hydrogen) atoms. The molecule has 1 aromatic heterocycles. The lowest BCUT2D eigenvalue weighted by Gasteiger charge is -2.34. The SMILES string of the molecule is COc1ccc(C(=O)Oc2ccc([C@@H]3NC(=O)c4c(sc5c4CC[C@@H](C(C)(C)C)C5)N3)cc2)cc1. The second kappa shape index (κ2) is 9.04. The van der Waals surface area contributed by atoms with Gasteiger partial charge in [0.1, 0.15) is 22.7 Å². The fourth-order valence-electron chi connectivity index (χ4n) is 4.83. The average molecular weight is 491 g/mol. The summed E-state index contributed by atoms with van der Waals surface area (Å²) in [6.45, 7) is 6.90. The first kappa shape index (κ1) is 23.4. The van der Waals surface area contributed by atoms with Crippen LogP contribution in [0.15, 0.2) is 48.5 Å². The summed E-state index contributed by atoms with van der Waals surface area (Å²) in [7, 11) is 1.58. The van der Waals surface area contributed by atoms with Gasteiger partial charge in [0.15, 0.2) is 0 Å². The third-order valence-electron chi connectivity index (χ3n) is 7.02. The maximum atomic E-state index is 13.1. The zero-order valence-electron chi connectivity index (χ0n) is 20.4. The molecule has 2 aromatic carbocycles. The molecule has 7 heteroatoms. The molecular formula is C28H30N2O4S.